The van der Waals surface area contributed by atoms with Gasteiger partial charge in [-0.15, -0.1) is 0 Å². The molecule has 0 unspecified atom stereocenters. The fourth-order valence-electron chi connectivity index (χ4n) is 4.01. The predicted octanol–water partition coefficient (Wildman–Crippen LogP) is 3.56. The van der Waals surface area contributed by atoms with Gasteiger partial charge in [0.05, 0.1) is 12.1 Å². The number of aromatic nitrogens is 3. The van der Waals surface area contributed by atoms with Crippen LogP contribution < -0.4 is 0 Å². The Kier molecular flexibility index (Phi) is 6.15. The molecular formula is C20H23ClF3N5O. The van der Waals surface area contributed by atoms with Crippen LogP contribution in [-0.2, 0) is 17.8 Å². The summed E-state index contributed by atoms with van der Waals surface area (Å²) in [6.07, 6.45) is -3.09. The molecule has 2 aromatic heterocycles. The van der Waals surface area contributed by atoms with Crippen molar-refractivity contribution in [2.75, 3.05) is 46.4 Å². The van der Waals surface area contributed by atoms with Crippen LogP contribution in [0, 0.1) is 0 Å². The maximum Gasteiger partial charge on any atom is 0.406 e. The van der Waals surface area contributed by atoms with Crippen LogP contribution in [0.1, 0.15) is 5.56 Å². The van der Waals surface area contributed by atoms with Crippen LogP contribution in [0.15, 0.2) is 24.5 Å². The molecule has 4 rings (SSSR count). The lowest BCUT2D eigenvalue weighted by atomic mass is 10.1. The highest BCUT2D eigenvalue weighted by Gasteiger charge is 2.31. The molecule has 0 saturated carbocycles. The molecule has 1 fully saturated rings. The van der Waals surface area contributed by atoms with E-state index in [1.54, 1.807) is 13.2 Å². The summed E-state index contributed by atoms with van der Waals surface area (Å²) < 4.78 is 45.8. The molecular weight excluding hydrogens is 419 g/mol. The van der Waals surface area contributed by atoms with Crippen LogP contribution >= 0.6 is 11.6 Å². The van der Waals surface area contributed by atoms with Crippen molar-refractivity contribution in [3.8, 4) is 0 Å². The molecule has 1 aromatic carbocycles. The molecule has 0 atom stereocenters. The van der Waals surface area contributed by atoms with Gasteiger partial charge in [0.15, 0.2) is 5.15 Å². The smallest absolute Gasteiger partial charge is 0.383 e. The van der Waals surface area contributed by atoms with Crippen LogP contribution in [0.25, 0.3) is 21.9 Å². The summed E-state index contributed by atoms with van der Waals surface area (Å²) in [5.74, 6) is 0. The van der Waals surface area contributed by atoms with Crippen molar-refractivity contribution >= 4 is 33.5 Å². The molecule has 3 aromatic rings. The summed E-state index contributed by atoms with van der Waals surface area (Å²) in [6, 6.07) is 5.53. The van der Waals surface area contributed by atoms with Crippen molar-refractivity contribution in [2.24, 2.45) is 0 Å². The van der Waals surface area contributed by atoms with Crippen molar-refractivity contribution in [1.29, 1.82) is 0 Å². The minimum absolute atomic E-state index is 0.0224. The van der Waals surface area contributed by atoms with Gasteiger partial charge in [-0.1, -0.05) is 17.7 Å². The molecule has 0 N–H and O–H groups in total. The van der Waals surface area contributed by atoms with E-state index in [-0.39, 0.29) is 10.7 Å². The summed E-state index contributed by atoms with van der Waals surface area (Å²) in [6.45, 7) is 5.07. The maximum absolute atomic E-state index is 13.2. The summed E-state index contributed by atoms with van der Waals surface area (Å²) in [7, 11) is 1.70. The third-order valence-electron chi connectivity index (χ3n) is 5.47. The Hall–Kier alpha value is -1.94. The number of alkyl halides is 3. The number of rotatable bonds is 6. The Morgan fingerprint density at radius 1 is 1.10 bits per heavy atom. The fraction of sp³-hybridized carbons (Fsp3) is 0.500. The zero-order valence-corrected chi connectivity index (χ0v) is 17.4. The van der Waals surface area contributed by atoms with Gasteiger partial charge in [-0.25, -0.2) is 9.97 Å². The topological polar surface area (TPSA) is 46.4 Å². The quantitative estimate of drug-likeness (QED) is 0.547. The molecule has 30 heavy (non-hydrogen) atoms. The number of fused-ring (bicyclic) bond motifs is 3. The van der Waals surface area contributed by atoms with Gasteiger partial charge < -0.3 is 9.30 Å². The maximum atomic E-state index is 13.2. The Bertz CT molecular complexity index is 1030. The van der Waals surface area contributed by atoms with E-state index in [4.69, 9.17) is 16.3 Å². The van der Waals surface area contributed by atoms with E-state index >= 15 is 0 Å². The van der Waals surface area contributed by atoms with Gasteiger partial charge >= 0.3 is 6.18 Å². The van der Waals surface area contributed by atoms with Gasteiger partial charge in [0.25, 0.3) is 0 Å². The van der Waals surface area contributed by atoms with Gasteiger partial charge in [-0.3, -0.25) is 9.80 Å². The van der Waals surface area contributed by atoms with Crippen molar-refractivity contribution in [1.82, 2.24) is 24.3 Å². The lowest BCUT2D eigenvalue weighted by molar-refractivity contribution is -0.139. The second kappa shape index (κ2) is 8.66. The average Bonchev–Trinajstić information content (AvgIpc) is 3.00. The van der Waals surface area contributed by atoms with Gasteiger partial charge in [-0.2, -0.15) is 13.2 Å². The van der Waals surface area contributed by atoms with Crippen LogP contribution in [-0.4, -0.2) is 77.0 Å². The fourth-order valence-corrected chi connectivity index (χ4v) is 4.25. The molecule has 1 saturated heterocycles. The minimum Gasteiger partial charge on any atom is -0.383 e. The predicted molar refractivity (Wildman–Crippen MR) is 110 cm³/mol. The SMILES string of the molecule is COCCN1CCN(Cc2ccc3c(c2)c2ncnc(Cl)c2n3CC(F)(F)F)CC1. The van der Waals surface area contributed by atoms with E-state index in [0.717, 1.165) is 56.0 Å². The zero-order chi connectivity index (χ0) is 21.3. The summed E-state index contributed by atoms with van der Waals surface area (Å²) in [5, 5.41) is 0.684. The molecule has 6 nitrogen and oxygen atoms in total. The molecule has 10 heteroatoms. The molecule has 3 heterocycles. The zero-order valence-electron chi connectivity index (χ0n) is 16.6. The Morgan fingerprint density at radius 3 is 2.53 bits per heavy atom. The van der Waals surface area contributed by atoms with E-state index in [0.29, 0.717) is 16.4 Å². The van der Waals surface area contributed by atoms with Crippen LogP contribution in [0.5, 0.6) is 0 Å². The lowest BCUT2D eigenvalue weighted by Crippen LogP contribution is -2.46. The molecule has 1 aliphatic heterocycles. The van der Waals surface area contributed by atoms with Gasteiger partial charge in [0.2, 0.25) is 0 Å². The van der Waals surface area contributed by atoms with E-state index in [1.807, 2.05) is 12.1 Å². The highest BCUT2D eigenvalue weighted by molar-refractivity contribution is 6.34. The van der Waals surface area contributed by atoms with Crippen molar-refractivity contribution in [3.05, 3.63) is 35.2 Å². The standard InChI is InChI=1S/C20H23ClF3N5O/c1-30-9-8-27-4-6-28(7-5-27)11-14-2-3-16-15(10-14)17-18(19(21)26-13-25-17)29(16)12-20(22,23)24/h2-3,10,13H,4-9,11-12H2,1H3. The first-order valence-corrected chi connectivity index (χ1v) is 10.2. The summed E-state index contributed by atoms with van der Waals surface area (Å²) in [5.41, 5.74) is 2.15. The van der Waals surface area contributed by atoms with E-state index in [1.165, 1.54) is 6.33 Å². The van der Waals surface area contributed by atoms with Crippen molar-refractivity contribution in [3.63, 3.8) is 0 Å². The van der Waals surface area contributed by atoms with Crippen LogP contribution in [0.4, 0.5) is 13.2 Å². The number of methoxy groups -OCH3 is 1. The number of ether oxygens (including phenoxy) is 1. The first-order valence-electron chi connectivity index (χ1n) is 9.77. The normalized spacial score (nSPS) is 16.7. The first kappa shape index (κ1) is 21.3. The highest BCUT2D eigenvalue weighted by Crippen LogP contribution is 2.34. The minimum atomic E-state index is -4.38. The van der Waals surface area contributed by atoms with Gasteiger partial charge in [0, 0.05) is 51.8 Å². The molecule has 0 radical (unpaired) electrons. The number of benzene rings is 1. The van der Waals surface area contributed by atoms with E-state index in [2.05, 4.69) is 19.8 Å². The van der Waals surface area contributed by atoms with Gasteiger partial charge in [0.1, 0.15) is 23.9 Å². The number of nitrogens with zero attached hydrogens (tertiary/aromatic N) is 5. The summed E-state index contributed by atoms with van der Waals surface area (Å²) >= 11 is 6.15. The number of hydrogen-bond donors (Lipinski definition) is 0. The molecule has 1 aliphatic rings. The van der Waals surface area contributed by atoms with E-state index in [9.17, 15) is 13.2 Å². The van der Waals surface area contributed by atoms with Gasteiger partial charge in [-0.05, 0) is 17.7 Å². The Morgan fingerprint density at radius 2 is 1.83 bits per heavy atom. The van der Waals surface area contributed by atoms with Crippen LogP contribution in [0.2, 0.25) is 5.15 Å². The molecule has 0 aliphatic carbocycles. The molecule has 162 valence electrons. The average molecular weight is 442 g/mol. The second-order valence-electron chi connectivity index (χ2n) is 7.53. The highest BCUT2D eigenvalue weighted by atomic mass is 35.5. The number of halogens is 4. The largest absolute Gasteiger partial charge is 0.406 e. The number of hydrogen-bond acceptors (Lipinski definition) is 5. The monoisotopic (exact) mass is 441 g/mol. The van der Waals surface area contributed by atoms with E-state index < -0.39 is 12.7 Å². The Balaban J connectivity index is 1.60. The third-order valence-corrected chi connectivity index (χ3v) is 5.75. The first-order chi connectivity index (χ1) is 14.4. The Labute approximate surface area is 177 Å². The second-order valence-corrected chi connectivity index (χ2v) is 7.88. The molecule has 0 amide bonds. The molecule has 0 spiro atoms. The van der Waals surface area contributed by atoms with Crippen LogP contribution in [0.3, 0.4) is 0 Å². The molecule has 0 bridgehead atoms. The third kappa shape index (κ3) is 4.54. The summed E-state index contributed by atoms with van der Waals surface area (Å²) in [4.78, 5) is 12.8. The number of piperazine rings is 1. The van der Waals surface area contributed by atoms with Crippen molar-refractivity contribution < 1.29 is 17.9 Å². The van der Waals surface area contributed by atoms with Crippen molar-refractivity contribution in [2.45, 2.75) is 19.3 Å². The lowest BCUT2D eigenvalue weighted by Gasteiger charge is -2.34.